The van der Waals surface area contributed by atoms with Crippen LogP contribution in [0.5, 0.6) is 11.6 Å². The number of halogens is 1. The summed E-state index contributed by atoms with van der Waals surface area (Å²) in [4.78, 5) is 8.09. The van der Waals surface area contributed by atoms with Crippen molar-refractivity contribution < 1.29 is 4.74 Å². The van der Waals surface area contributed by atoms with E-state index < -0.39 is 0 Å². The van der Waals surface area contributed by atoms with E-state index in [9.17, 15) is 0 Å². The van der Waals surface area contributed by atoms with Crippen LogP contribution in [-0.2, 0) is 0 Å². The third-order valence-electron chi connectivity index (χ3n) is 2.71. The van der Waals surface area contributed by atoms with Crippen molar-refractivity contribution in [2.75, 3.05) is 0 Å². The van der Waals surface area contributed by atoms with Crippen LogP contribution in [0.4, 0.5) is 0 Å². The molecule has 17 heavy (non-hydrogen) atoms. The highest BCUT2D eigenvalue weighted by molar-refractivity contribution is 14.1. The quantitative estimate of drug-likeness (QED) is 0.780. The van der Waals surface area contributed by atoms with Crippen molar-refractivity contribution in [1.29, 1.82) is 0 Å². The van der Waals surface area contributed by atoms with Crippen LogP contribution in [0.25, 0.3) is 0 Å². The topological polar surface area (TPSA) is 35.0 Å². The molecule has 0 fully saturated rings. The highest BCUT2D eigenvalue weighted by Crippen LogP contribution is 2.31. The van der Waals surface area contributed by atoms with E-state index in [0.717, 1.165) is 20.4 Å². The summed E-state index contributed by atoms with van der Waals surface area (Å²) in [6.07, 6.45) is 3.24. The van der Waals surface area contributed by atoms with E-state index in [1.807, 2.05) is 6.92 Å². The molecule has 0 aliphatic carbocycles. The maximum Gasteiger partial charge on any atom is 0.235 e. The number of benzene rings is 1. The summed E-state index contributed by atoms with van der Waals surface area (Å²) in [6, 6.07) is 4.16. The minimum absolute atomic E-state index is 0.609. The highest BCUT2D eigenvalue weighted by Gasteiger charge is 2.10. The molecule has 0 amide bonds. The Labute approximate surface area is 114 Å². The molecule has 88 valence electrons. The molecule has 0 aliphatic rings. The summed E-state index contributed by atoms with van der Waals surface area (Å²) in [5.41, 5.74) is 3.48. The summed E-state index contributed by atoms with van der Waals surface area (Å²) in [5, 5.41) is 0. The average Bonchev–Trinajstić information content (AvgIpc) is 2.32. The Morgan fingerprint density at radius 1 is 1.12 bits per heavy atom. The van der Waals surface area contributed by atoms with E-state index in [2.05, 4.69) is 58.5 Å². The zero-order valence-electron chi connectivity index (χ0n) is 9.99. The van der Waals surface area contributed by atoms with E-state index in [0.29, 0.717) is 5.88 Å². The van der Waals surface area contributed by atoms with Crippen molar-refractivity contribution in [3.05, 3.63) is 44.9 Å². The third-order valence-corrected chi connectivity index (χ3v) is 3.45. The van der Waals surface area contributed by atoms with Gasteiger partial charge < -0.3 is 4.74 Å². The second-order valence-corrected chi connectivity index (χ2v) is 5.09. The Balaban J connectivity index is 2.43. The predicted octanol–water partition coefficient (Wildman–Crippen LogP) is 3.80. The van der Waals surface area contributed by atoms with Gasteiger partial charge in [-0.25, -0.2) is 9.97 Å². The van der Waals surface area contributed by atoms with Gasteiger partial charge in [0.05, 0.1) is 3.57 Å². The molecular formula is C13H13IN2O. The molecule has 0 saturated heterocycles. The van der Waals surface area contributed by atoms with Crippen LogP contribution >= 0.6 is 22.6 Å². The Morgan fingerprint density at radius 2 is 1.82 bits per heavy atom. The second-order valence-electron chi connectivity index (χ2n) is 3.93. The molecule has 0 aliphatic heterocycles. The summed E-state index contributed by atoms with van der Waals surface area (Å²) in [7, 11) is 0. The van der Waals surface area contributed by atoms with Gasteiger partial charge in [0.25, 0.3) is 0 Å². The van der Waals surface area contributed by atoms with Crippen molar-refractivity contribution >= 4 is 22.6 Å². The van der Waals surface area contributed by atoms with E-state index in [1.165, 1.54) is 11.9 Å². The zero-order chi connectivity index (χ0) is 12.4. The monoisotopic (exact) mass is 340 g/mol. The first kappa shape index (κ1) is 12.3. The molecule has 1 aromatic carbocycles. The molecule has 0 atom stereocenters. The van der Waals surface area contributed by atoms with Gasteiger partial charge in [-0.3, -0.25) is 0 Å². The van der Waals surface area contributed by atoms with E-state index >= 15 is 0 Å². The normalized spacial score (nSPS) is 10.4. The Bertz CT molecular complexity index is 555. The SMILES string of the molecule is Cc1ccc(C)c(Oc2ncncc2I)c1C. The molecule has 1 aromatic heterocycles. The molecule has 3 nitrogen and oxygen atoms in total. The fraction of sp³-hybridized carbons (Fsp3) is 0.231. The fourth-order valence-corrected chi connectivity index (χ4v) is 1.97. The minimum atomic E-state index is 0.609. The van der Waals surface area contributed by atoms with Gasteiger partial charge in [-0.15, -0.1) is 0 Å². The molecule has 0 unspecified atom stereocenters. The highest BCUT2D eigenvalue weighted by atomic mass is 127. The molecule has 0 spiro atoms. The fourth-order valence-electron chi connectivity index (χ4n) is 1.56. The van der Waals surface area contributed by atoms with E-state index in [-0.39, 0.29) is 0 Å². The molecule has 1 heterocycles. The first-order valence-electron chi connectivity index (χ1n) is 5.29. The molecule has 4 heteroatoms. The van der Waals surface area contributed by atoms with Crippen molar-refractivity contribution in [3.63, 3.8) is 0 Å². The summed E-state index contributed by atoms with van der Waals surface area (Å²) in [5.74, 6) is 1.50. The first-order valence-corrected chi connectivity index (χ1v) is 6.37. The number of nitrogens with zero attached hydrogens (tertiary/aromatic N) is 2. The predicted molar refractivity (Wildman–Crippen MR) is 75.5 cm³/mol. The standard InChI is InChI=1S/C13H13IN2O/c1-8-4-5-9(2)12(10(8)3)17-13-11(14)6-15-7-16-13/h4-7H,1-3H3. The zero-order valence-corrected chi connectivity index (χ0v) is 12.1. The number of aryl methyl sites for hydroxylation is 2. The largest absolute Gasteiger partial charge is 0.437 e. The number of aromatic nitrogens is 2. The molecule has 0 radical (unpaired) electrons. The van der Waals surface area contributed by atoms with Crippen LogP contribution in [-0.4, -0.2) is 9.97 Å². The lowest BCUT2D eigenvalue weighted by Crippen LogP contribution is -1.97. The van der Waals surface area contributed by atoms with Gasteiger partial charge >= 0.3 is 0 Å². The van der Waals surface area contributed by atoms with Crippen LogP contribution in [0.2, 0.25) is 0 Å². The van der Waals surface area contributed by atoms with Gasteiger partial charge in [-0.2, -0.15) is 0 Å². The van der Waals surface area contributed by atoms with Crippen LogP contribution in [0.15, 0.2) is 24.7 Å². The summed E-state index contributed by atoms with van der Waals surface area (Å²) >= 11 is 2.17. The van der Waals surface area contributed by atoms with Crippen LogP contribution < -0.4 is 4.74 Å². The van der Waals surface area contributed by atoms with Crippen molar-refractivity contribution in [1.82, 2.24) is 9.97 Å². The lowest BCUT2D eigenvalue weighted by molar-refractivity contribution is 0.450. The Hall–Kier alpha value is -1.17. The number of rotatable bonds is 2. The molecule has 0 bridgehead atoms. The summed E-state index contributed by atoms with van der Waals surface area (Å²) in [6.45, 7) is 6.17. The van der Waals surface area contributed by atoms with E-state index in [4.69, 9.17) is 4.74 Å². The van der Waals surface area contributed by atoms with E-state index in [1.54, 1.807) is 6.20 Å². The number of ether oxygens (including phenoxy) is 1. The van der Waals surface area contributed by atoms with Crippen molar-refractivity contribution in [2.24, 2.45) is 0 Å². The van der Waals surface area contributed by atoms with Crippen LogP contribution in [0.3, 0.4) is 0 Å². The van der Waals surface area contributed by atoms with Crippen molar-refractivity contribution in [2.45, 2.75) is 20.8 Å². The smallest absolute Gasteiger partial charge is 0.235 e. The maximum absolute atomic E-state index is 5.89. The Kier molecular flexibility index (Phi) is 3.61. The van der Waals surface area contributed by atoms with Crippen LogP contribution in [0.1, 0.15) is 16.7 Å². The molecule has 2 rings (SSSR count). The molecule has 0 saturated carbocycles. The van der Waals surface area contributed by atoms with Gasteiger partial charge in [-0.05, 0) is 60.1 Å². The molecular weight excluding hydrogens is 327 g/mol. The van der Waals surface area contributed by atoms with Crippen molar-refractivity contribution in [3.8, 4) is 11.6 Å². The third kappa shape index (κ3) is 2.57. The van der Waals surface area contributed by atoms with Gasteiger partial charge in [0, 0.05) is 6.20 Å². The van der Waals surface area contributed by atoms with Gasteiger partial charge in [-0.1, -0.05) is 12.1 Å². The lowest BCUT2D eigenvalue weighted by atomic mass is 10.1. The van der Waals surface area contributed by atoms with Gasteiger partial charge in [0.1, 0.15) is 12.1 Å². The maximum atomic E-state index is 5.89. The number of hydrogen-bond donors (Lipinski definition) is 0. The van der Waals surface area contributed by atoms with Gasteiger partial charge in [0.2, 0.25) is 5.88 Å². The average molecular weight is 340 g/mol. The molecule has 2 aromatic rings. The van der Waals surface area contributed by atoms with Crippen LogP contribution in [0, 0.1) is 24.3 Å². The lowest BCUT2D eigenvalue weighted by Gasteiger charge is -2.13. The second kappa shape index (κ2) is 5.00. The number of hydrogen-bond acceptors (Lipinski definition) is 3. The minimum Gasteiger partial charge on any atom is -0.437 e. The Morgan fingerprint density at radius 3 is 2.53 bits per heavy atom. The summed E-state index contributed by atoms with van der Waals surface area (Å²) < 4.78 is 6.80. The van der Waals surface area contributed by atoms with Gasteiger partial charge in [0.15, 0.2) is 0 Å². The molecule has 0 N–H and O–H groups in total. The first-order chi connectivity index (χ1) is 8.09.